The Morgan fingerprint density at radius 2 is 1.79 bits per heavy atom. The molecule has 0 aliphatic heterocycles. The van der Waals surface area contributed by atoms with E-state index in [0.717, 1.165) is 5.56 Å². The van der Waals surface area contributed by atoms with Crippen molar-refractivity contribution in [3.8, 4) is 28.4 Å². The number of carbonyl (C=O) groups excluding carboxylic acids is 1. The highest BCUT2D eigenvalue weighted by molar-refractivity contribution is 7.14. The van der Waals surface area contributed by atoms with Crippen molar-refractivity contribution in [1.82, 2.24) is 14.8 Å². The number of nitrogens with zero attached hydrogens (tertiary/aromatic N) is 3. The van der Waals surface area contributed by atoms with E-state index in [0.29, 0.717) is 38.7 Å². The number of anilines is 1. The highest BCUT2D eigenvalue weighted by atomic mass is 35.5. The van der Waals surface area contributed by atoms with Crippen molar-refractivity contribution in [3.63, 3.8) is 0 Å². The second-order valence-corrected chi connectivity index (χ2v) is 8.24. The zero-order valence-electron chi connectivity index (χ0n) is 18.0. The van der Waals surface area contributed by atoms with Crippen molar-refractivity contribution in [1.29, 1.82) is 0 Å². The molecule has 0 bridgehead atoms. The molecule has 1 N–H and O–H groups in total. The summed E-state index contributed by atoms with van der Waals surface area (Å²) in [6.07, 6.45) is 0. The first-order valence-corrected chi connectivity index (χ1v) is 11.0. The first-order chi connectivity index (χ1) is 15.9. The molecule has 1 amide bonds. The maximum Gasteiger partial charge on any atom is 0.281 e. The molecule has 4 rings (SSSR count). The average Bonchev–Trinajstić information content (AvgIpc) is 3.27. The fourth-order valence-electron chi connectivity index (χ4n) is 3.16. The van der Waals surface area contributed by atoms with Gasteiger partial charge >= 0.3 is 0 Å². The third-order valence-electron chi connectivity index (χ3n) is 4.80. The molecular formula is C23H19ClN4O4S. The van der Waals surface area contributed by atoms with Crippen LogP contribution in [0.2, 0.25) is 5.02 Å². The number of rotatable bonds is 6. The monoisotopic (exact) mass is 482 g/mol. The third-order valence-corrected chi connectivity index (χ3v) is 5.81. The number of hydrogen-bond donors (Lipinski definition) is 1. The molecule has 0 unspecified atom stereocenters. The molecule has 4 aromatic rings. The summed E-state index contributed by atoms with van der Waals surface area (Å²) in [4.78, 5) is 29.8. The van der Waals surface area contributed by atoms with Gasteiger partial charge in [0.05, 0.1) is 25.6 Å². The van der Waals surface area contributed by atoms with Gasteiger partial charge in [0.2, 0.25) is 5.43 Å². The maximum absolute atomic E-state index is 12.8. The molecular weight excluding hydrogens is 464 g/mol. The summed E-state index contributed by atoms with van der Waals surface area (Å²) < 4.78 is 12.1. The van der Waals surface area contributed by atoms with Crippen molar-refractivity contribution in [3.05, 3.63) is 80.5 Å². The topological polar surface area (TPSA) is 95.3 Å². The normalized spacial score (nSPS) is 10.7. The Morgan fingerprint density at radius 3 is 2.48 bits per heavy atom. The van der Waals surface area contributed by atoms with Gasteiger partial charge in [-0.15, -0.1) is 11.3 Å². The van der Waals surface area contributed by atoms with Gasteiger partial charge in [0.15, 0.2) is 22.3 Å². The third kappa shape index (κ3) is 4.74. The molecule has 2 aromatic heterocycles. The van der Waals surface area contributed by atoms with Crippen molar-refractivity contribution in [2.24, 2.45) is 0 Å². The standard InChI is InChI=1S/C23H19ClN4O4S/c1-13-10-18(29)21(27-28(13)16-7-5-15(24)6-8-16)22(30)26-23-25-17(12-33-23)14-4-9-19(31-2)20(11-14)32-3/h4-12H,1-3H3,(H,25,26,30). The molecule has 2 aromatic carbocycles. The number of ether oxygens (including phenoxy) is 2. The molecule has 0 aliphatic rings. The molecule has 0 aliphatic carbocycles. The van der Waals surface area contributed by atoms with E-state index >= 15 is 0 Å². The summed E-state index contributed by atoms with van der Waals surface area (Å²) >= 11 is 7.19. The summed E-state index contributed by atoms with van der Waals surface area (Å²) in [5, 5.41) is 9.64. The Morgan fingerprint density at radius 1 is 1.06 bits per heavy atom. The van der Waals surface area contributed by atoms with Crippen LogP contribution in [0, 0.1) is 6.92 Å². The molecule has 0 fully saturated rings. The van der Waals surface area contributed by atoms with Crippen LogP contribution in [0.3, 0.4) is 0 Å². The summed E-state index contributed by atoms with van der Waals surface area (Å²) in [5.74, 6) is 0.531. The lowest BCUT2D eigenvalue weighted by molar-refractivity contribution is 0.101. The molecule has 33 heavy (non-hydrogen) atoms. The van der Waals surface area contributed by atoms with Crippen LogP contribution in [0.1, 0.15) is 16.2 Å². The highest BCUT2D eigenvalue weighted by Crippen LogP contribution is 2.33. The van der Waals surface area contributed by atoms with Gasteiger partial charge < -0.3 is 9.47 Å². The Bertz CT molecular complexity index is 1380. The quantitative estimate of drug-likeness (QED) is 0.432. The summed E-state index contributed by atoms with van der Waals surface area (Å²) in [5.41, 5.74) is 1.99. The van der Waals surface area contributed by atoms with Gasteiger partial charge in [-0.3, -0.25) is 14.9 Å². The Labute approximate surface area is 198 Å². The minimum Gasteiger partial charge on any atom is -0.493 e. The number of carbonyl (C=O) groups is 1. The molecule has 0 saturated heterocycles. The average molecular weight is 483 g/mol. The fourth-order valence-corrected chi connectivity index (χ4v) is 4.00. The van der Waals surface area contributed by atoms with E-state index in [9.17, 15) is 9.59 Å². The summed E-state index contributed by atoms with van der Waals surface area (Å²) in [6.45, 7) is 1.74. The number of halogens is 1. The summed E-state index contributed by atoms with van der Waals surface area (Å²) in [6, 6.07) is 13.7. The van der Waals surface area contributed by atoms with E-state index in [1.165, 1.54) is 22.1 Å². The predicted octanol–water partition coefficient (Wildman–Crippen LogP) is 4.59. The first kappa shape index (κ1) is 22.5. The number of nitrogens with one attached hydrogen (secondary N) is 1. The van der Waals surface area contributed by atoms with Crippen LogP contribution in [0.4, 0.5) is 5.13 Å². The predicted molar refractivity (Wildman–Crippen MR) is 128 cm³/mol. The first-order valence-electron chi connectivity index (χ1n) is 9.76. The fraction of sp³-hybridized carbons (Fsp3) is 0.130. The number of aromatic nitrogens is 3. The number of aryl methyl sites for hydroxylation is 1. The molecule has 168 valence electrons. The molecule has 0 atom stereocenters. The van der Waals surface area contributed by atoms with Crippen LogP contribution in [0.25, 0.3) is 16.9 Å². The van der Waals surface area contributed by atoms with Gasteiger partial charge in [0.1, 0.15) is 0 Å². The van der Waals surface area contributed by atoms with E-state index in [4.69, 9.17) is 21.1 Å². The van der Waals surface area contributed by atoms with Crippen molar-refractivity contribution < 1.29 is 14.3 Å². The van der Waals surface area contributed by atoms with Gasteiger partial charge in [-0.1, -0.05) is 11.6 Å². The van der Waals surface area contributed by atoms with Crippen LogP contribution < -0.4 is 20.2 Å². The van der Waals surface area contributed by atoms with Gasteiger partial charge in [-0.05, 0) is 49.4 Å². The van der Waals surface area contributed by atoms with Crippen molar-refractivity contribution in [2.75, 3.05) is 19.5 Å². The lowest BCUT2D eigenvalue weighted by Crippen LogP contribution is -2.26. The number of thiazole rings is 1. The Kier molecular flexibility index (Phi) is 6.43. The minimum absolute atomic E-state index is 0.238. The smallest absolute Gasteiger partial charge is 0.281 e. The second-order valence-electron chi connectivity index (χ2n) is 6.95. The van der Waals surface area contributed by atoms with E-state index in [2.05, 4.69) is 15.4 Å². The minimum atomic E-state index is -0.643. The zero-order chi connectivity index (χ0) is 23.5. The zero-order valence-corrected chi connectivity index (χ0v) is 19.5. The number of hydrogen-bond acceptors (Lipinski definition) is 7. The van der Waals surface area contributed by atoms with Gasteiger partial charge in [0, 0.05) is 27.7 Å². The van der Waals surface area contributed by atoms with Crippen molar-refractivity contribution >= 4 is 34.0 Å². The molecule has 0 saturated carbocycles. The van der Waals surface area contributed by atoms with Crippen LogP contribution >= 0.6 is 22.9 Å². The number of benzene rings is 2. The van der Waals surface area contributed by atoms with Crippen LogP contribution in [0.5, 0.6) is 11.5 Å². The van der Waals surface area contributed by atoms with E-state index in [-0.39, 0.29) is 5.69 Å². The Balaban J connectivity index is 1.60. The number of methoxy groups -OCH3 is 2. The van der Waals surface area contributed by atoms with Crippen molar-refractivity contribution in [2.45, 2.75) is 6.92 Å². The highest BCUT2D eigenvalue weighted by Gasteiger charge is 2.18. The van der Waals surface area contributed by atoms with Crippen LogP contribution in [-0.4, -0.2) is 34.9 Å². The van der Waals surface area contributed by atoms with Gasteiger partial charge in [0.25, 0.3) is 5.91 Å². The lowest BCUT2D eigenvalue weighted by atomic mass is 10.1. The van der Waals surface area contributed by atoms with E-state index in [1.54, 1.807) is 62.9 Å². The number of amides is 1. The summed E-state index contributed by atoms with van der Waals surface area (Å²) in [7, 11) is 3.12. The Hall–Kier alpha value is -3.69. The second kappa shape index (κ2) is 9.43. The van der Waals surface area contributed by atoms with E-state index in [1.807, 2.05) is 6.07 Å². The maximum atomic E-state index is 12.8. The lowest BCUT2D eigenvalue weighted by Gasteiger charge is -2.11. The van der Waals surface area contributed by atoms with Gasteiger partial charge in [-0.2, -0.15) is 5.10 Å². The molecule has 0 radical (unpaired) electrons. The largest absolute Gasteiger partial charge is 0.493 e. The molecule has 10 heteroatoms. The van der Waals surface area contributed by atoms with E-state index < -0.39 is 11.3 Å². The molecule has 2 heterocycles. The molecule has 8 nitrogen and oxygen atoms in total. The van der Waals surface area contributed by atoms with Crippen LogP contribution in [0.15, 0.2) is 58.7 Å². The SMILES string of the molecule is COc1ccc(-c2csc(NC(=O)c3nn(-c4ccc(Cl)cc4)c(C)cc3=O)n2)cc1OC. The van der Waals surface area contributed by atoms with Gasteiger partial charge in [-0.25, -0.2) is 9.67 Å². The van der Waals surface area contributed by atoms with Crippen LogP contribution in [-0.2, 0) is 0 Å². The molecule has 0 spiro atoms.